The van der Waals surface area contributed by atoms with Crippen molar-refractivity contribution < 1.29 is 0 Å². The first-order valence-corrected chi connectivity index (χ1v) is 5.60. The van der Waals surface area contributed by atoms with E-state index in [4.69, 9.17) is 0 Å². The summed E-state index contributed by atoms with van der Waals surface area (Å²) < 4.78 is 0. The molecule has 0 unspecified atom stereocenters. The van der Waals surface area contributed by atoms with Crippen molar-refractivity contribution in [3.8, 4) is 0 Å². The largest absolute Gasteiger partial charge is 0.155 e. The van der Waals surface area contributed by atoms with Crippen LogP contribution in [0.3, 0.4) is 0 Å². The second kappa shape index (κ2) is 3.27. The monoisotopic (exact) mass is 192 g/mol. The summed E-state index contributed by atoms with van der Waals surface area (Å²) in [4.78, 5) is 0. The first-order valence-electron chi connectivity index (χ1n) is 5.60. The molecule has 3 rings (SSSR count). The van der Waals surface area contributed by atoms with Crippen LogP contribution in [0.5, 0.6) is 0 Å². The zero-order chi connectivity index (χ0) is 10.3. The molecule has 0 saturated carbocycles. The molecule has 0 spiro atoms. The third kappa shape index (κ3) is 1.23. The Morgan fingerprint density at radius 2 is 2.07 bits per heavy atom. The van der Waals surface area contributed by atoms with Crippen molar-refractivity contribution in [1.82, 2.24) is 0 Å². The molecule has 2 aromatic rings. The zero-order valence-corrected chi connectivity index (χ0v) is 8.96. The highest BCUT2D eigenvalue weighted by Gasteiger charge is 2.10. The Hall–Kier alpha value is -1.50. The number of benzene rings is 2. The van der Waals surface area contributed by atoms with Crippen LogP contribution in [-0.2, 0) is 6.42 Å². The lowest BCUT2D eigenvalue weighted by atomic mass is 9.69. The number of hydrogen-bond donors (Lipinski definition) is 0. The third-order valence-electron chi connectivity index (χ3n) is 3.27. The molecule has 0 heterocycles. The van der Waals surface area contributed by atoms with E-state index < -0.39 is 0 Å². The fourth-order valence-electron chi connectivity index (χ4n) is 2.50. The molecule has 0 amide bonds. The van der Waals surface area contributed by atoms with Gasteiger partial charge in [-0.05, 0) is 28.3 Å². The van der Waals surface area contributed by atoms with Crippen molar-refractivity contribution >= 4 is 29.6 Å². The molecular weight excluding hydrogens is 179 g/mol. The van der Waals surface area contributed by atoms with Gasteiger partial charge >= 0.3 is 0 Å². The molecule has 1 heteroatoms. The average molecular weight is 192 g/mol. The van der Waals surface area contributed by atoms with E-state index in [0.29, 0.717) is 0 Å². The van der Waals surface area contributed by atoms with Gasteiger partial charge < -0.3 is 0 Å². The molecule has 0 bridgehead atoms. The van der Waals surface area contributed by atoms with Gasteiger partial charge in [0.15, 0.2) is 7.28 Å². The summed E-state index contributed by atoms with van der Waals surface area (Å²) in [6.07, 6.45) is 5.64. The molecule has 15 heavy (non-hydrogen) atoms. The minimum absolute atomic E-state index is 1.08. The van der Waals surface area contributed by atoms with E-state index in [-0.39, 0.29) is 0 Å². The third-order valence-corrected chi connectivity index (χ3v) is 3.27. The van der Waals surface area contributed by atoms with Crippen LogP contribution >= 0.6 is 0 Å². The van der Waals surface area contributed by atoms with Gasteiger partial charge in [0.25, 0.3) is 0 Å². The standard InChI is InChI=1S/C14H13B/c1-15-13-9-8-11-5-2-4-10-6-3-7-12(13)14(10)11/h2-5,7-9,15H,6H2,1H3. The van der Waals surface area contributed by atoms with Crippen molar-refractivity contribution in [2.24, 2.45) is 0 Å². The van der Waals surface area contributed by atoms with Gasteiger partial charge in [0.2, 0.25) is 0 Å². The maximum Gasteiger partial charge on any atom is 0.155 e. The first kappa shape index (κ1) is 8.78. The van der Waals surface area contributed by atoms with E-state index in [1.165, 1.54) is 27.4 Å². The van der Waals surface area contributed by atoms with Gasteiger partial charge in [-0.25, -0.2) is 0 Å². The Bertz CT molecular complexity index is 553. The number of allylic oxidation sites excluding steroid dienone is 1. The topological polar surface area (TPSA) is 0 Å². The molecule has 0 aliphatic heterocycles. The van der Waals surface area contributed by atoms with Crippen LogP contribution in [0.15, 0.2) is 36.4 Å². The average Bonchev–Trinajstić information content (AvgIpc) is 2.30. The van der Waals surface area contributed by atoms with Crippen molar-refractivity contribution in [3.63, 3.8) is 0 Å². The van der Waals surface area contributed by atoms with E-state index >= 15 is 0 Å². The Labute approximate surface area is 90.9 Å². The summed E-state index contributed by atoms with van der Waals surface area (Å²) in [5.74, 6) is 0. The molecule has 2 aromatic carbocycles. The molecular formula is C14H13B. The molecule has 1 aliphatic carbocycles. The van der Waals surface area contributed by atoms with Crippen LogP contribution < -0.4 is 5.46 Å². The first-order chi connectivity index (χ1) is 7.40. The van der Waals surface area contributed by atoms with Gasteiger partial charge in [0.1, 0.15) is 0 Å². The molecule has 0 N–H and O–H groups in total. The summed E-state index contributed by atoms with van der Waals surface area (Å²) in [7, 11) is 1.12. The van der Waals surface area contributed by atoms with Crippen molar-refractivity contribution in [2.45, 2.75) is 13.2 Å². The van der Waals surface area contributed by atoms with Crippen LogP contribution in [0.25, 0.3) is 16.8 Å². The molecule has 0 radical (unpaired) electrons. The van der Waals surface area contributed by atoms with E-state index in [1.54, 1.807) is 0 Å². The van der Waals surface area contributed by atoms with Gasteiger partial charge in [-0.3, -0.25) is 0 Å². The fourth-order valence-corrected chi connectivity index (χ4v) is 2.50. The number of hydrogen-bond acceptors (Lipinski definition) is 0. The Morgan fingerprint density at radius 3 is 2.93 bits per heavy atom. The zero-order valence-electron chi connectivity index (χ0n) is 8.96. The molecule has 0 saturated heterocycles. The van der Waals surface area contributed by atoms with Crippen LogP contribution in [0, 0.1) is 0 Å². The van der Waals surface area contributed by atoms with E-state index in [2.05, 4.69) is 49.3 Å². The number of rotatable bonds is 1. The van der Waals surface area contributed by atoms with Gasteiger partial charge in [-0.1, -0.05) is 54.8 Å². The van der Waals surface area contributed by atoms with Gasteiger partial charge in [-0.2, -0.15) is 0 Å². The van der Waals surface area contributed by atoms with E-state index in [1.807, 2.05) is 0 Å². The highest BCUT2D eigenvalue weighted by molar-refractivity contribution is 6.53. The maximum absolute atomic E-state index is 2.29. The van der Waals surface area contributed by atoms with Crippen LogP contribution in [0.2, 0.25) is 6.82 Å². The second-order valence-corrected chi connectivity index (χ2v) is 4.11. The van der Waals surface area contributed by atoms with Crippen LogP contribution in [0.4, 0.5) is 0 Å². The van der Waals surface area contributed by atoms with Gasteiger partial charge in [0.05, 0.1) is 0 Å². The van der Waals surface area contributed by atoms with E-state index in [0.717, 1.165) is 13.7 Å². The minimum Gasteiger partial charge on any atom is -0.0849 e. The van der Waals surface area contributed by atoms with Crippen LogP contribution in [0.1, 0.15) is 11.1 Å². The molecule has 0 aromatic heterocycles. The predicted octanol–water partition coefficient (Wildman–Crippen LogP) is 2.52. The second-order valence-electron chi connectivity index (χ2n) is 4.11. The Kier molecular flexibility index (Phi) is 1.91. The van der Waals surface area contributed by atoms with Gasteiger partial charge in [-0.15, -0.1) is 0 Å². The molecule has 72 valence electrons. The van der Waals surface area contributed by atoms with Crippen LogP contribution in [-0.4, -0.2) is 7.28 Å². The summed E-state index contributed by atoms with van der Waals surface area (Å²) in [6, 6.07) is 11.1. The molecule has 1 aliphatic rings. The molecule has 0 atom stereocenters. The quantitative estimate of drug-likeness (QED) is 0.609. The fraction of sp³-hybridized carbons (Fsp3) is 0.143. The minimum atomic E-state index is 1.08. The summed E-state index contributed by atoms with van der Waals surface area (Å²) in [6.45, 7) is 2.22. The highest BCUT2D eigenvalue weighted by Crippen LogP contribution is 2.26. The lowest BCUT2D eigenvalue weighted by Crippen LogP contribution is -2.16. The normalized spacial score (nSPS) is 13.1. The Balaban J connectivity index is 2.48. The van der Waals surface area contributed by atoms with Crippen molar-refractivity contribution in [2.75, 3.05) is 0 Å². The Morgan fingerprint density at radius 1 is 1.13 bits per heavy atom. The molecule has 0 fully saturated rings. The maximum atomic E-state index is 2.29. The van der Waals surface area contributed by atoms with E-state index in [9.17, 15) is 0 Å². The lowest BCUT2D eigenvalue weighted by molar-refractivity contribution is 1.30. The lowest BCUT2D eigenvalue weighted by Gasteiger charge is -2.15. The summed E-state index contributed by atoms with van der Waals surface area (Å²) >= 11 is 0. The van der Waals surface area contributed by atoms with Crippen molar-refractivity contribution in [3.05, 3.63) is 47.5 Å². The SMILES string of the molecule is CBc1ccc2cccc3c2c1C=CC3. The summed E-state index contributed by atoms with van der Waals surface area (Å²) in [5.41, 5.74) is 4.38. The van der Waals surface area contributed by atoms with Crippen molar-refractivity contribution in [1.29, 1.82) is 0 Å². The van der Waals surface area contributed by atoms with Gasteiger partial charge in [0, 0.05) is 0 Å². The predicted molar refractivity (Wildman–Crippen MR) is 69.3 cm³/mol. The highest BCUT2D eigenvalue weighted by atomic mass is 14.1. The summed E-state index contributed by atoms with van der Waals surface area (Å²) in [5, 5.41) is 2.85. The molecule has 0 nitrogen and oxygen atoms in total. The smallest absolute Gasteiger partial charge is 0.0849 e.